The van der Waals surface area contributed by atoms with Crippen LogP contribution in [0.5, 0.6) is 0 Å². The van der Waals surface area contributed by atoms with Gasteiger partial charge < -0.3 is 11.1 Å². The van der Waals surface area contributed by atoms with E-state index in [-0.39, 0.29) is 42.2 Å². The van der Waals surface area contributed by atoms with Gasteiger partial charge in [-0.2, -0.15) is 9.40 Å². The first-order valence-corrected chi connectivity index (χ1v) is 8.86. The summed E-state index contributed by atoms with van der Waals surface area (Å²) in [7, 11) is -1.90. The van der Waals surface area contributed by atoms with Crippen LogP contribution in [0.4, 0.5) is 0 Å². The van der Waals surface area contributed by atoms with Gasteiger partial charge in [0.05, 0.1) is 6.20 Å². The number of aromatic nitrogens is 2. The van der Waals surface area contributed by atoms with Crippen LogP contribution < -0.4 is 11.1 Å². The molecule has 1 saturated heterocycles. The molecule has 8 nitrogen and oxygen atoms in total. The Kier molecular flexibility index (Phi) is 7.46. The summed E-state index contributed by atoms with van der Waals surface area (Å²) in [5.41, 5.74) is 5.34. The Balaban J connectivity index is 0.00000264. The topological polar surface area (TPSA) is 110 Å². The van der Waals surface area contributed by atoms with E-state index < -0.39 is 10.0 Å². The van der Waals surface area contributed by atoms with Crippen molar-refractivity contribution in [3.8, 4) is 0 Å². The maximum Gasteiger partial charge on any atom is 0.246 e. The quantitative estimate of drug-likeness (QED) is 0.728. The molecule has 0 aliphatic carbocycles. The molecular weight excluding hydrogens is 342 g/mol. The van der Waals surface area contributed by atoms with Crippen molar-refractivity contribution in [3.63, 3.8) is 0 Å². The molecule has 1 fully saturated rings. The highest BCUT2D eigenvalue weighted by Crippen LogP contribution is 2.24. The number of nitrogens with zero attached hydrogens (tertiary/aromatic N) is 3. The second-order valence-electron chi connectivity index (χ2n) is 5.46. The van der Waals surface area contributed by atoms with Crippen LogP contribution in [0.3, 0.4) is 0 Å². The lowest BCUT2D eigenvalue weighted by Crippen LogP contribution is -2.49. The molecule has 0 spiro atoms. The monoisotopic (exact) mass is 365 g/mol. The van der Waals surface area contributed by atoms with Crippen molar-refractivity contribution in [3.05, 3.63) is 12.4 Å². The van der Waals surface area contributed by atoms with E-state index in [0.29, 0.717) is 13.1 Å². The molecule has 1 aromatic heterocycles. The van der Waals surface area contributed by atoms with Gasteiger partial charge in [-0.1, -0.05) is 6.42 Å². The molecular formula is C13H24ClN5O3S. The van der Waals surface area contributed by atoms with Gasteiger partial charge in [0.15, 0.2) is 0 Å². The lowest BCUT2D eigenvalue weighted by atomic mass is 10.1. The number of hydrogen-bond acceptors (Lipinski definition) is 5. The largest absolute Gasteiger partial charge is 0.354 e. The molecule has 0 aromatic carbocycles. The molecule has 0 bridgehead atoms. The molecule has 10 heteroatoms. The van der Waals surface area contributed by atoms with Crippen molar-refractivity contribution >= 4 is 28.3 Å². The summed E-state index contributed by atoms with van der Waals surface area (Å²) in [5, 5.41) is 6.69. The van der Waals surface area contributed by atoms with E-state index in [1.54, 1.807) is 7.05 Å². The third kappa shape index (κ3) is 4.90. The zero-order chi connectivity index (χ0) is 16.2. The minimum Gasteiger partial charge on any atom is -0.354 e. The molecule has 1 aromatic rings. The van der Waals surface area contributed by atoms with E-state index in [4.69, 9.17) is 5.73 Å². The van der Waals surface area contributed by atoms with Crippen molar-refractivity contribution in [2.45, 2.75) is 36.6 Å². The van der Waals surface area contributed by atoms with E-state index in [0.717, 1.165) is 19.3 Å². The second kappa shape index (κ2) is 8.62. The Morgan fingerprint density at radius 2 is 2.22 bits per heavy atom. The minimum atomic E-state index is -3.58. The van der Waals surface area contributed by atoms with Gasteiger partial charge in [-0.05, 0) is 12.8 Å². The van der Waals surface area contributed by atoms with Gasteiger partial charge in [0.1, 0.15) is 4.90 Å². The predicted molar refractivity (Wildman–Crippen MR) is 88.7 cm³/mol. The molecule has 1 amide bonds. The lowest BCUT2D eigenvalue weighted by molar-refractivity contribution is -0.121. The smallest absolute Gasteiger partial charge is 0.246 e. The van der Waals surface area contributed by atoms with Gasteiger partial charge in [-0.25, -0.2) is 8.42 Å². The van der Waals surface area contributed by atoms with Crippen LogP contribution in [0, 0.1) is 0 Å². The van der Waals surface area contributed by atoms with Crippen LogP contribution in [0.25, 0.3) is 0 Å². The third-order valence-electron chi connectivity index (χ3n) is 3.77. The Labute approximate surface area is 142 Å². The summed E-state index contributed by atoms with van der Waals surface area (Å²) in [6, 6.07) is -0.222. The summed E-state index contributed by atoms with van der Waals surface area (Å²) in [4.78, 5) is 11.7. The Bertz CT molecular complexity index is 619. The Hall–Kier alpha value is -1.16. The molecule has 3 N–H and O–H groups in total. The maximum absolute atomic E-state index is 12.7. The average Bonchev–Trinajstić information content (AvgIpc) is 2.93. The van der Waals surface area contributed by atoms with Gasteiger partial charge in [-0.15, -0.1) is 12.4 Å². The number of piperidine rings is 1. The molecule has 2 heterocycles. The van der Waals surface area contributed by atoms with Crippen LogP contribution in [-0.2, 0) is 21.9 Å². The fraction of sp³-hybridized carbons (Fsp3) is 0.692. The number of nitrogens with one attached hydrogen (secondary N) is 1. The number of aryl methyl sites for hydroxylation is 1. The van der Waals surface area contributed by atoms with Gasteiger partial charge in [0, 0.05) is 45.3 Å². The highest BCUT2D eigenvalue weighted by Gasteiger charge is 2.34. The molecule has 1 aliphatic rings. The molecule has 0 radical (unpaired) electrons. The number of nitrogens with two attached hydrogens (primary N) is 1. The standard InChI is InChI=1S/C13H23N5O3S.ClH/c1-17-10-12(9-16-17)22(20,21)18-7-3-2-4-11(18)8-15-13(19)5-6-14;/h9-11H,2-8,14H2,1H3,(H,15,19);1H. The molecule has 132 valence electrons. The van der Waals surface area contributed by atoms with Crippen molar-refractivity contribution in [2.75, 3.05) is 19.6 Å². The van der Waals surface area contributed by atoms with Crippen LogP contribution in [0.2, 0.25) is 0 Å². The van der Waals surface area contributed by atoms with Gasteiger partial charge in [0.2, 0.25) is 15.9 Å². The number of rotatable bonds is 6. The van der Waals surface area contributed by atoms with Gasteiger partial charge in [-0.3, -0.25) is 9.48 Å². The SMILES string of the molecule is Cl.Cn1cc(S(=O)(=O)N2CCCCC2CNC(=O)CCN)cn1. The van der Waals surface area contributed by atoms with E-state index in [1.807, 2.05) is 0 Å². The van der Waals surface area contributed by atoms with E-state index in [1.165, 1.54) is 21.4 Å². The zero-order valence-corrected chi connectivity index (χ0v) is 14.8. The molecule has 1 aliphatic heterocycles. The molecule has 23 heavy (non-hydrogen) atoms. The number of sulfonamides is 1. The van der Waals surface area contributed by atoms with Crippen LogP contribution >= 0.6 is 12.4 Å². The number of carbonyl (C=O) groups is 1. The summed E-state index contributed by atoms with van der Waals surface area (Å²) in [5.74, 6) is -0.146. The minimum absolute atomic E-state index is 0. The summed E-state index contributed by atoms with van der Waals surface area (Å²) in [6.07, 6.45) is 5.62. The molecule has 0 saturated carbocycles. The summed E-state index contributed by atoms with van der Waals surface area (Å²) in [6.45, 7) is 1.07. The van der Waals surface area contributed by atoms with Crippen LogP contribution in [0.1, 0.15) is 25.7 Å². The fourth-order valence-electron chi connectivity index (χ4n) is 2.61. The van der Waals surface area contributed by atoms with E-state index in [9.17, 15) is 13.2 Å². The first-order valence-electron chi connectivity index (χ1n) is 7.42. The van der Waals surface area contributed by atoms with Gasteiger partial charge in [0.25, 0.3) is 0 Å². The highest BCUT2D eigenvalue weighted by molar-refractivity contribution is 7.89. The first-order chi connectivity index (χ1) is 10.4. The zero-order valence-electron chi connectivity index (χ0n) is 13.1. The summed E-state index contributed by atoms with van der Waals surface area (Å²) >= 11 is 0. The molecule has 1 atom stereocenters. The third-order valence-corrected chi connectivity index (χ3v) is 5.67. The van der Waals surface area contributed by atoms with E-state index in [2.05, 4.69) is 10.4 Å². The van der Waals surface area contributed by atoms with Gasteiger partial charge >= 0.3 is 0 Å². The highest BCUT2D eigenvalue weighted by atomic mass is 35.5. The molecule has 1 unspecified atom stereocenters. The normalized spacial score (nSPS) is 19.1. The van der Waals surface area contributed by atoms with Crippen LogP contribution in [-0.4, -0.2) is 54.1 Å². The van der Waals surface area contributed by atoms with Crippen molar-refractivity contribution in [1.29, 1.82) is 0 Å². The van der Waals surface area contributed by atoms with E-state index >= 15 is 0 Å². The molecule has 2 rings (SSSR count). The fourth-order valence-corrected chi connectivity index (χ4v) is 4.29. The summed E-state index contributed by atoms with van der Waals surface area (Å²) < 4.78 is 28.4. The Morgan fingerprint density at radius 3 is 2.83 bits per heavy atom. The van der Waals surface area contributed by atoms with Crippen molar-refractivity contribution in [1.82, 2.24) is 19.4 Å². The van der Waals surface area contributed by atoms with Crippen molar-refractivity contribution < 1.29 is 13.2 Å². The van der Waals surface area contributed by atoms with Crippen LogP contribution in [0.15, 0.2) is 17.3 Å². The Morgan fingerprint density at radius 1 is 1.48 bits per heavy atom. The maximum atomic E-state index is 12.7. The number of amides is 1. The first kappa shape index (κ1) is 19.9. The number of hydrogen-bond donors (Lipinski definition) is 2. The van der Waals surface area contributed by atoms with Crippen molar-refractivity contribution in [2.24, 2.45) is 12.8 Å². The predicted octanol–water partition coefficient (Wildman–Crippen LogP) is -0.150. The number of carbonyl (C=O) groups excluding carboxylic acids is 1. The second-order valence-corrected chi connectivity index (χ2v) is 7.35. The lowest BCUT2D eigenvalue weighted by Gasteiger charge is -2.34. The average molecular weight is 366 g/mol. The number of halogens is 1.